The van der Waals surface area contributed by atoms with E-state index in [-0.39, 0.29) is 31.5 Å². The molecular formula is C15H7Cl4FN4O3S. The predicted molar refractivity (Wildman–Crippen MR) is 102 cm³/mol. The van der Waals surface area contributed by atoms with Gasteiger partial charge in [0.15, 0.2) is 5.69 Å². The van der Waals surface area contributed by atoms with E-state index in [2.05, 4.69) is 10.3 Å². The van der Waals surface area contributed by atoms with Gasteiger partial charge in [0, 0.05) is 0 Å². The minimum Gasteiger partial charge on any atom is -0.266 e. The number of aromatic nitrogens is 3. The molecule has 0 fully saturated rings. The molecule has 7 nitrogen and oxygen atoms in total. The van der Waals surface area contributed by atoms with Crippen molar-refractivity contribution in [3.05, 3.63) is 68.1 Å². The average molecular weight is 484 g/mol. The van der Waals surface area contributed by atoms with Crippen LogP contribution in [-0.2, 0) is 10.0 Å². The summed E-state index contributed by atoms with van der Waals surface area (Å²) in [5.74, 6) is -1.66. The molecule has 0 aliphatic carbocycles. The van der Waals surface area contributed by atoms with Crippen molar-refractivity contribution in [3.63, 3.8) is 0 Å². The maximum Gasteiger partial charge on any atom is 0.287 e. The fraction of sp³-hybridized carbons (Fsp3) is 0. The Labute approximate surface area is 178 Å². The summed E-state index contributed by atoms with van der Waals surface area (Å²) < 4.78 is 41.0. The van der Waals surface area contributed by atoms with Gasteiger partial charge in [-0.2, -0.15) is 0 Å². The number of carbonyl (C=O) groups excluding carboxylic acids is 1. The third-order valence-electron chi connectivity index (χ3n) is 3.38. The highest BCUT2D eigenvalue weighted by Crippen LogP contribution is 2.34. The number of nitrogens with one attached hydrogen (secondary N) is 1. The first-order valence-electron chi connectivity index (χ1n) is 7.18. The summed E-state index contributed by atoms with van der Waals surface area (Å²) in [4.78, 5) is 11.8. The van der Waals surface area contributed by atoms with Crippen LogP contribution in [0, 0.1) is 5.82 Å². The van der Waals surface area contributed by atoms with Crippen LogP contribution in [0.4, 0.5) is 4.39 Å². The van der Waals surface area contributed by atoms with Gasteiger partial charge in [-0.1, -0.05) is 51.6 Å². The molecule has 0 aliphatic rings. The van der Waals surface area contributed by atoms with Crippen molar-refractivity contribution in [3.8, 4) is 5.69 Å². The Hall–Kier alpha value is -1.91. The summed E-state index contributed by atoms with van der Waals surface area (Å²) in [5.41, 5.74) is -0.114. The van der Waals surface area contributed by atoms with Gasteiger partial charge in [0.2, 0.25) is 0 Å². The summed E-state index contributed by atoms with van der Waals surface area (Å²) in [5, 5.41) is 6.66. The van der Waals surface area contributed by atoms with E-state index >= 15 is 0 Å². The van der Waals surface area contributed by atoms with Crippen LogP contribution in [0.2, 0.25) is 20.1 Å². The summed E-state index contributed by atoms with van der Waals surface area (Å²) in [7, 11) is -4.46. The second kappa shape index (κ2) is 7.84. The minimum absolute atomic E-state index is 0.0157. The molecule has 28 heavy (non-hydrogen) atoms. The molecule has 0 saturated heterocycles. The SMILES string of the molecule is O=C(NS(=O)(=O)c1c(Cl)ccc(Cl)c1Cl)c1cn(-c2ccc(F)cc2Cl)nn1. The Balaban J connectivity index is 1.90. The number of sulfonamides is 1. The van der Waals surface area contributed by atoms with E-state index in [1.165, 1.54) is 18.2 Å². The van der Waals surface area contributed by atoms with Gasteiger partial charge in [0.05, 0.1) is 32.0 Å². The molecule has 2 aromatic carbocycles. The molecule has 0 aliphatic heterocycles. The molecule has 1 heterocycles. The lowest BCUT2D eigenvalue weighted by Crippen LogP contribution is -2.31. The molecule has 0 unspecified atom stereocenters. The standard InChI is InChI=1S/C15H7Cl4FN4O3S/c16-8-2-3-9(17)14(13(8)19)28(26,27)22-15(25)11-6-24(23-21-11)12-4-1-7(20)5-10(12)18/h1-6H,(H,22,25). The maximum atomic E-state index is 13.1. The largest absolute Gasteiger partial charge is 0.287 e. The van der Waals surface area contributed by atoms with Crippen LogP contribution < -0.4 is 4.72 Å². The van der Waals surface area contributed by atoms with Gasteiger partial charge in [0.25, 0.3) is 15.9 Å². The maximum absolute atomic E-state index is 13.1. The van der Waals surface area contributed by atoms with Crippen LogP contribution in [0.5, 0.6) is 0 Å². The molecule has 1 amide bonds. The molecule has 0 radical (unpaired) electrons. The predicted octanol–water partition coefficient (Wildman–Crippen LogP) is 4.14. The highest BCUT2D eigenvalue weighted by molar-refractivity contribution is 7.90. The van der Waals surface area contributed by atoms with Crippen LogP contribution in [-0.4, -0.2) is 29.3 Å². The normalized spacial score (nSPS) is 11.5. The first-order chi connectivity index (χ1) is 13.1. The van der Waals surface area contributed by atoms with Gasteiger partial charge in [-0.25, -0.2) is 22.2 Å². The van der Waals surface area contributed by atoms with Crippen LogP contribution >= 0.6 is 46.4 Å². The molecular weight excluding hydrogens is 477 g/mol. The average Bonchev–Trinajstić information content (AvgIpc) is 3.08. The quantitative estimate of drug-likeness (QED) is 0.563. The lowest BCUT2D eigenvalue weighted by atomic mass is 10.3. The summed E-state index contributed by atoms with van der Waals surface area (Å²) in [6.07, 6.45) is 1.12. The number of hydrogen-bond donors (Lipinski definition) is 1. The molecule has 1 aromatic heterocycles. The smallest absolute Gasteiger partial charge is 0.266 e. The summed E-state index contributed by atoms with van der Waals surface area (Å²) >= 11 is 23.5. The van der Waals surface area contributed by atoms with Crippen LogP contribution in [0.3, 0.4) is 0 Å². The molecule has 0 bridgehead atoms. The number of rotatable bonds is 4. The van der Waals surface area contributed by atoms with E-state index in [9.17, 15) is 17.6 Å². The van der Waals surface area contributed by atoms with Crippen LogP contribution in [0.1, 0.15) is 10.5 Å². The number of hydrogen-bond acceptors (Lipinski definition) is 5. The van der Waals surface area contributed by atoms with E-state index in [1.54, 1.807) is 4.72 Å². The van der Waals surface area contributed by atoms with E-state index < -0.39 is 26.6 Å². The fourth-order valence-corrected chi connectivity index (χ4v) is 4.70. The number of nitrogens with zero attached hydrogens (tertiary/aromatic N) is 3. The Kier molecular flexibility index (Phi) is 5.83. The molecule has 3 aromatic rings. The van der Waals surface area contributed by atoms with E-state index in [4.69, 9.17) is 46.4 Å². The topological polar surface area (TPSA) is 94.0 Å². The zero-order chi connectivity index (χ0) is 20.6. The van der Waals surface area contributed by atoms with Crippen molar-refractivity contribution < 1.29 is 17.6 Å². The van der Waals surface area contributed by atoms with Crippen LogP contribution in [0.15, 0.2) is 41.4 Å². The minimum atomic E-state index is -4.46. The molecule has 1 N–H and O–H groups in total. The Morgan fingerprint density at radius 3 is 2.39 bits per heavy atom. The highest BCUT2D eigenvalue weighted by atomic mass is 35.5. The van der Waals surface area contributed by atoms with Crippen molar-refractivity contribution in [1.29, 1.82) is 0 Å². The Morgan fingerprint density at radius 2 is 1.71 bits per heavy atom. The zero-order valence-electron chi connectivity index (χ0n) is 13.3. The number of carbonyl (C=O) groups is 1. The van der Waals surface area contributed by atoms with Crippen molar-refractivity contribution in [1.82, 2.24) is 19.7 Å². The number of amides is 1. The monoisotopic (exact) mass is 482 g/mol. The molecule has 0 atom stereocenters. The van der Waals surface area contributed by atoms with Gasteiger partial charge >= 0.3 is 0 Å². The first-order valence-corrected chi connectivity index (χ1v) is 10.2. The van der Waals surface area contributed by atoms with Crippen molar-refractivity contribution in [2.45, 2.75) is 4.90 Å². The third kappa shape index (κ3) is 4.08. The highest BCUT2D eigenvalue weighted by Gasteiger charge is 2.27. The summed E-state index contributed by atoms with van der Waals surface area (Å²) in [6, 6.07) is 6.03. The molecule has 13 heteroatoms. The van der Waals surface area contributed by atoms with Crippen molar-refractivity contribution in [2.24, 2.45) is 0 Å². The molecule has 3 rings (SSSR count). The van der Waals surface area contributed by atoms with Gasteiger partial charge in [-0.15, -0.1) is 5.10 Å². The third-order valence-corrected chi connectivity index (χ3v) is 6.44. The lowest BCUT2D eigenvalue weighted by molar-refractivity contribution is 0.0976. The van der Waals surface area contributed by atoms with Crippen molar-refractivity contribution >= 4 is 62.3 Å². The Morgan fingerprint density at radius 1 is 1.04 bits per heavy atom. The van der Waals surface area contributed by atoms with Gasteiger partial charge < -0.3 is 0 Å². The molecule has 0 spiro atoms. The van der Waals surface area contributed by atoms with Crippen molar-refractivity contribution in [2.75, 3.05) is 0 Å². The first kappa shape index (κ1) is 20.8. The van der Waals surface area contributed by atoms with Crippen LogP contribution in [0.25, 0.3) is 5.69 Å². The second-order valence-corrected chi connectivity index (χ2v) is 8.47. The number of halogens is 5. The number of benzene rings is 2. The van der Waals surface area contributed by atoms with Gasteiger partial charge in [0.1, 0.15) is 10.7 Å². The lowest BCUT2D eigenvalue weighted by Gasteiger charge is -2.10. The zero-order valence-corrected chi connectivity index (χ0v) is 17.2. The van der Waals surface area contributed by atoms with Gasteiger partial charge in [-0.3, -0.25) is 4.79 Å². The van der Waals surface area contributed by atoms with Gasteiger partial charge in [-0.05, 0) is 30.3 Å². The van der Waals surface area contributed by atoms with E-state index in [1.807, 2.05) is 0 Å². The Bertz CT molecular complexity index is 1200. The van der Waals surface area contributed by atoms with E-state index in [0.717, 1.165) is 23.0 Å². The molecule has 0 saturated carbocycles. The second-order valence-electron chi connectivity index (χ2n) is 5.25. The summed E-state index contributed by atoms with van der Waals surface area (Å²) in [6.45, 7) is 0. The molecule has 146 valence electrons. The fourth-order valence-electron chi connectivity index (χ4n) is 2.13. The van der Waals surface area contributed by atoms with E-state index in [0.29, 0.717) is 0 Å².